The van der Waals surface area contributed by atoms with Crippen LogP contribution in [0.15, 0.2) is 30.7 Å². The maximum Gasteiger partial charge on any atom is 0.131 e. The molecule has 0 amide bonds. The Morgan fingerprint density at radius 3 is 2.75 bits per heavy atom. The highest BCUT2D eigenvalue weighted by molar-refractivity contribution is 5.43. The van der Waals surface area contributed by atoms with Crippen LogP contribution in [0.25, 0.3) is 0 Å². The second kappa shape index (κ2) is 4.30. The van der Waals surface area contributed by atoms with Gasteiger partial charge in [-0.05, 0) is 6.07 Å². The van der Waals surface area contributed by atoms with E-state index in [1.54, 1.807) is 12.4 Å². The summed E-state index contributed by atoms with van der Waals surface area (Å²) in [6, 6.07) is 3.44. The summed E-state index contributed by atoms with van der Waals surface area (Å²) in [6.45, 7) is 0. The quantitative estimate of drug-likeness (QED) is 0.496. The first-order valence-corrected chi connectivity index (χ1v) is 4.87. The summed E-state index contributed by atoms with van der Waals surface area (Å²) < 4.78 is 1.89. The highest BCUT2D eigenvalue weighted by atomic mass is 15.3. The summed E-state index contributed by atoms with van der Waals surface area (Å²) in [5.74, 6) is 6.79. The fourth-order valence-electron chi connectivity index (χ4n) is 1.63. The Bertz CT molecular complexity index is 478. The number of hydrogen-bond acceptors (Lipinski definition) is 5. The van der Waals surface area contributed by atoms with Gasteiger partial charge in [0, 0.05) is 31.2 Å². The maximum atomic E-state index is 5.81. The van der Waals surface area contributed by atoms with Gasteiger partial charge >= 0.3 is 0 Å². The number of pyridine rings is 1. The summed E-state index contributed by atoms with van der Waals surface area (Å²) in [5, 5.41) is 0. The van der Waals surface area contributed by atoms with E-state index in [1.807, 2.05) is 29.9 Å². The molecule has 0 spiro atoms. The first-order chi connectivity index (χ1) is 7.74. The number of hydrazine groups is 1. The number of anilines is 1. The van der Waals surface area contributed by atoms with Crippen LogP contribution in [-0.4, -0.2) is 14.5 Å². The van der Waals surface area contributed by atoms with Gasteiger partial charge in [-0.15, -0.1) is 0 Å². The zero-order valence-corrected chi connectivity index (χ0v) is 8.96. The lowest BCUT2D eigenvalue weighted by Gasteiger charge is -2.17. The van der Waals surface area contributed by atoms with Crippen LogP contribution < -0.4 is 17.0 Å². The number of nitrogens with one attached hydrogen (secondary N) is 1. The molecule has 0 aliphatic carbocycles. The van der Waals surface area contributed by atoms with Gasteiger partial charge in [0.1, 0.15) is 17.7 Å². The number of rotatable bonds is 3. The molecule has 2 heterocycles. The number of hydrogen-bond donors (Lipinski definition) is 3. The zero-order valence-electron chi connectivity index (χ0n) is 8.96. The molecule has 0 radical (unpaired) electrons. The molecule has 0 aromatic carbocycles. The van der Waals surface area contributed by atoms with E-state index in [0.29, 0.717) is 5.82 Å². The monoisotopic (exact) mass is 218 g/mol. The molecule has 16 heavy (non-hydrogen) atoms. The molecule has 6 heteroatoms. The lowest BCUT2D eigenvalue weighted by molar-refractivity contribution is 0.580. The van der Waals surface area contributed by atoms with Crippen molar-refractivity contribution in [3.05, 3.63) is 42.1 Å². The Morgan fingerprint density at radius 2 is 2.19 bits per heavy atom. The van der Waals surface area contributed by atoms with Crippen molar-refractivity contribution in [2.45, 2.75) is 6.04 Å². The molecule has 1 atom stereocenters. The molecular formula is C10H14N6. The number of nitrogen functional groups attached to an aromatic ring is 1. The van der Waals surface area contributed by atoms with Gasteiger partial charge in [0.25, 0.3) is 0 Å². The van der Waals surface area contributed by atoms with E-state index >= 15 is 0 Å². The summed E-state index contributed by atoms with van der Waals surface area (Å²) in [4.78, 5) is 8.27. The van der Waals surface area contributed by atoms with E-state index in [9.17, 15) is 0 Å². The molecule has 1 unspecified atom stereocenters. The third-order valence-electron chi connectivity index (χ3n) is 2.47. The van der Waals surface area contributed by atoms with Crippen LogP contribution in [-0.2, 0) is 7.05 Å². The molecule has 0 aliphatic rings. The second-order valence-electron chi connectivity index (χ2n) is 3.47. The minimum Gasteiger partial charge on any atom is -0.383 e. The molecule has 0 fully saturated rings. The maximum absolute atomic E-state index is 5.81. The Kier molecular flexibility index (Phi) is 2.84. The number of imidazole rings is 1. The molecule has 2 aromatic heterocycles. The highest BCUT2D eigenvalue weighted by Gasteiger charge is 2.19. The van der Waals surface area contributed by atoms with E-state index in [2.05, 4.69) is 15.4 Å². The van der Waals surface area contributed by atoms with Gasteiger partial charge < -0.3 is 10.3 Å². The summed E-state index contributed by atoms with van der Waals surface area (Å²) in [5.41, 5.74) is 9.33. The van der Waals surface area contributed by atoms with Crippen molar-refractivity contribution in [2.24, 2.45) is 12.9 Å². The Morgan fingerprint density at radius 1 is 1.38 bits per heavy atom. The Labute approximate surface area is 93.3 Å². The molecule has 5 N–H and O–H groups in total. The average molecular weight is 218 g/mol. The molecule has 6 nitrogen and oxygen atoms in total. The van der Waals surface area contributed by atoms with Crippen LogP contribution in [0.3, 0.4) is 0 Å². The van der Waals surface area contributed by atoms with Crippen molar-refractivity contribution in [1.29, 1.82) is 0 Å². The molecule has 2 aromatic rings. The number of nitrogens with two attached hydrogens (primary N) is 2. The van der Waals surface area contributed by atoms with Crippen LogP contribution in [0.4, 0.5) is 5.82 Å². The van der Waals surface area contributed by atoms with Crippen molar-refractivity contribution in [3.63, 3.8) is 0 Å². The second-order valence-corrected chi connectivity index (χ2v) is 3.47. The van der Waals surface area contributed by atoms with Gasteiger partial charge in [0.05, 0.1) is 0 Å². The highest BCUT2D eigenvalue weighted by Crippen LogP contribution is 2.22. The van der Waals surface area contributed by atoms with Crippen molar-refractivity contribution >= 4 is 5.82 Å². The van der Waals surface area contributed by atoms with Crippen LogP contribution in [0.1, 0.15) is 17.4 Å². The van der Waals surface area contributed by atoms with Crippen molar-refractivity contribution in [3.8, 4) is 0 Å². The van der Waals surface area contributed by atoms with E-state index in [0.717, 1.165) is 11.4 Å². The first-order valence-electron chi connectivity index (χ1n) is 4.87. The predicted octanol–water partition coefficient (Wildman–Crippen LogP) is -0.0500. The summed E-state index contributed by atoms with van der Waals surface area (Å²) in [6.07, 6.45) is 5.21. The third kappa shape index (κ3) is 1.75. The van der Waals surface area contributed by atoms with Gasteiger partial charge in [0.2, 0.25) is 0 Å². The van der Waals surface area contributed by atoms with Gasteiger partial charge in [-0.3, -0.25) is 5.84 Å². The third-order valence-corrected chi connectivity index (χ3v) is 2.47. The minimum absolute atomic E-state index is 0.256. The van der Waals surface area contributed by atoms with Crippen LogP contribution in [0.2, 0.25) is 0 Å². The van der Waals surface area contributed by atoms with E-state index in [-0.39, 0.29) is 6.04 Å². The SMILES string of the molecule is Cn1ccnc1C(NN)c1cccnc1N. The summed E-state index contributed by atoms with van der Waals surface area (Å²) >= 11 is 0. The number of aromatic nitrogens is 3. The normalized spacial score (nSPS) is 12.6. The van der Waals surface area contributed by atoms with E-state index in [1.165, 1.54) is 0 Å². The standard InChI is InChI=1S/C10H14N6/c1-16-6-5-14-10(16)8(15-12)7-3-2-4-13-9(7)11/h2-6,8,15H,12H2,1H3,(H2,11,13). The molecule has 84 valence electrons. The largest absolute Gasteiger partial charge is 0.383 e. The van der Waals surface area contributed by atoms with Gasteiger partial charge in [-0.1, -0.05) is 6.07 Å². The lowest BCUT2D eigenvalue weighted by atomic mass is 10.1. The Hall–Kier alpha value is -1.92. The number of nitrogens with zero attached hydrogens (tertiary/aromatic N) is 3. The lowest BCUT2D eigenvalue weighted by Crippen LogP contribution is -2.31. The van der Waals surface area contributed by atoms with Crippen LogP contribution >= 0.6 is 0 Å². The minimum atomic E-state index is -0.256. The van der Waals surface area contributed by atoms with Gasteiger partial charge in [-0.2, -0.15) is 0 Å². The molecule has 0 aliphatic heterocycles. The van der Waals surface area contributed by atoms with Crippen molar-refractivity contribution in [1.82, 2.24) is 20.0 Å². The van der Waals surface area contributed by atoms with Crippen molar-refractivity contribution in [2.75, 3.05) is 5.73 Å². The average Bonchev–Trinajstić information content (AvgIpc) is 2.69. The van der Waals surface area contributed by atoms with E-state index in [4.69, 9.17) is 11.6 Å². The Balaban J connectivity index is 2.45. The van der Waals surface area contributed by atoms with Gasteiger partial charge in [0.15, 0.2) is 0 Å². The predicted molar refractivity (Wildman–Crippen MR) is 61.0 cm³/mol. The first kappa shape index (κ1) is 10.6. The molecule has 2 rings (SSSR count). The smallest absolute Gasteiger partial charge is 0.131 e. The van der Waals surface area contributed by atoms with Crippen LogP contribution in [0, 0.1) is 0 Å². The molecule has 0 saturated carbocycles. The van der Waals surface area contributed by atoms with E-state index < -0.39 is 0 Å². The molecule has 0 saturated heterocycles. The fourth-order valence-corrected chi connectivity index (χ4v) is 1.63. The van der Waals surface area contributed by atoms with Gasteiger partial charge in [-0.25, -0.2) is 15.4 Å². The molecular weight excluding hydrogens is 204 g/mol. The zero-order chi connectivity index (χ0) is 11.5. The van der Waals surface area contributed by atoms with Crippen LogP contribution in [0.5, 0.6) is 0 Å². The summed E-state index contributed by atoms with van der Waals surface area (Å²) in [7, 11) is 1.90. The topological polar surface area (TPSA) is 94.8 Å². The van der Waals surface area contributed by atoms with Crippen molar-refractivity contribution < 1.29 is 0 Å². The molecule has 0 bridgehead atoms. The fraction of sp³-hybridized carbons (Fsp3) is 0.200. The number of aryl methyl sites for hydroxylation is 1.